The van der Waals surface area contributed by atoms with Crippen LogP contribution in [0.25, 0.3) is 16.9 Å². The quantitative estimate of drug-likeness (QED) is 0.441. The van der Waals surface area contributed by atoms with Crippen molar-refractivity contribution in [2.45, 2.75) is 51.7 Å². The summed E-state index contributed by atoms with van der Waals surface area (Å²) in [7, 11) is 3.02. The number of halogens is 3. The highest BCUT2D eigenvalue weighted by atomic mass is 19.4. The van der Waals surface area contributed by atoms with Crippen molar-refractivity contribution in [2.24, 2.45) is 5.92 Å². The number of methoxy groups -OCH3 is 2. The second-order valence-electron chi connectivity index (χ2n) is 10.8. The van der Waals surface area contributed by atoms with Gasteiger partial charge in [-0.1, -0.05) is 13.8 Å². The molecule has 2 heterocycles. The fourth-order valence-corrected chi connectivity index (χ4v) is 5.53. The Bertz CT molecular complexity index is 1510. The van der Waals surface area contributed by atoms with E-state index in [1.54, 1.807) is 32.0 Å². The van der Waals surface area contributed by atoms with Crippen LogP contribution in [0.3, 0.4) is 0 Å². The van der Waals surface area contributed by atoms with E-state index in [1.165, 1.54) is 26.4 Å². The average molecular weight is 571 g/mol. The van der Waals surface area contributed by atoms with Gasteiger partial charge < -0.3 is 19.7 Å². The van der Waals surface area contributed by atoms with Gasteiger partial charge in [0.25, 0.3) is 5.56 Å². The predicted molar refractivity (Wildman–Crippen MR) is 149 cm³/mol. The van der Waals surface area contributed by atoms with Crippen LogP contribution in [0, 0.1) is 5.92 Å². The molecular formula is C30H33F3N4O4. The zero-order valence-electron chi connectivity index (χ0n) is 23.5. The second-order valence-corrected chi connectivity index (χ2v) is 10.8. The van der Waals surface area contributed by atoms with Crippen molar-refractivity contribution >= 4 is 11.6 Å². The third-order valence-electron chi connectivity index (χ3n) is 7.72. The maximum atomic E-state index is 14.3. The first-order valence-corrected chi connectivity index (χ1v) is 13.7. The van der Waals surface area contributed by atoms with Crippen molar-refractivity contribution in [3.05, 3.63) is 63.4 Å². The smallest absolute Gasteiger partial charge is 0.418 e. The highest BCUT2D eigenvalue weighted by molar-refractivity contribution is 5.78. The van der Waals surface area contributed by atoms with Gasteiger partial charge in [-0.3, -0.25) is 9.59 Å². The number of carbonyl (C=O) groups excluding carboxylic acids is 1. The molecule has 8 nitrogen and oxygen atoms in total. The van der Waals surface area contributed by atoms with Crippen LogP contribution < -0.4 is 25.2 Å². The van der Waals surface area contributed by atoms with Crippen molar-refractivity contribution in [3.63, 3.8) is 0 Å². The molecule has 1 saturated heterocycles. The number of benzene rings is 2. The Morgan fingerprint density at radius 1 is 1.05 bits per heavy atom. The first-order valence-electron chi connectivity index (χ1n) is 13.7. The molecule has 11 heteroatoms. The minimum atomic E-state index is -4.72. The maximum Gasteiger partial charge on any atom is 0.418 e. The van der Waals surface area contributed by atoms with E-state index in [2.05, 4.69) is 10.4 Å². The van der Waals surface area contributed by atoms with E-state index in [1.807, 2.05) is 4.90 Å². The number of carbonyl (C=O) groups is 1. The Hall–Kier alpha value is -4.02. The number of rotatable bonds is 7. The number of ether oxygens (including phenoxy) is 2. The topological polar surface area (TPSA) is 85.7 Å². The van der Waals surface area contributed by atoms with Crippen LogP contribution >= 0.6 is 0 Å². The summed E-state index contributed by atoms with van der Waals surface area (Å²) in [5.74, 6) is 0.757. The number of nitrogens with zero attached hydrogens (tertiary/aromatic N) is 3. The minimum Gasteiger partial charge on any atom is -0.497 e. The van der Waals surface area contributed by atoms with Crippen molar-refractivity contribution in [1.29, 1.82) is 0 Å². The summed E-state index contributed by atoms with van der Waals surface area (Å²) in [6.45, 7) is 4.61. The van der Waals surface area contributed by atoms with Gasteiger partial charge in [0.2, 0.25) is 5.91 Å². The molecular weight excluding hydrogens is 537 g/mol. The van der Waals surface area contributed by atoms with Crippen LogP contribution in [0.4, 0.5) is 18.9 Å². The number of amides is 1. The number of aromatic nitrogens is 2. The van der Waals surface area contributed by atoms with Gasteiger partial charge in [-0.15, -0.1) is 0 Å². The molecule has 2 aliphatic rings. The van der Waals surface area contributed by atoms with E-state index < -0.39 is 17.3 Å². The summed E-state index contributed by atoms with van der Waals surface area (Å²) in [6, 6.07) is 8.82. The first kappa shape index (κ1) is 28.5. The standard InChI is InChI=1S/C30H33F3N4O4/c1-17(2)28(38)34-19-10-11-36(16-19)20-8-9-25(30(31,32)33)26(14-20)37-29(39)24-7-5-6-23(24)27(35-37)18-12-21(40-3)15-22(13-18)41-4/h8-9,12-15,17,19H,5-7,10-11,16H2,1-4H3,(H,34,38). The normalized spacial score (nSPS) is 16.7. The van der Waals surface area contributed by atoms with Gasteiger partial charge in [-0.2, -0.15) is 23.0 Å². The minimum absolute atomic E-state index is 0.0689. The molecule has 1 aromatic heterocycles. The maximum absolute atomic E-state index is 14.3. The van der Waals surface area contributed by atoms with E-state index in [0.717, 1.165) is 16.3 Å². The van der Waals surface area contributed by atoms with Crippen molar-refractivity contribution < 1.29 is 27.4 Å². The van der Waals surface area contributed by atoms with Gasteiger partial charge in [-0.05, 0) is 61.6 Å². The average Bonchev–Trinajstić information content (AvgIpc) is 3.63. The molecule has 0 radical (unpaired) electrons. The zero-order valence-corrected chi connectivity index (χ0v) is 23.5. The summed E-state index contributed by atoms with van der Waals surface area (Å²) in [4.78, 5) is 27.8. The SMILES string of the molecule is COc1cc(OC)cc(-c2nn(-c3cc(N4CCC(NC(=O)C(C)C)C4)ccc3C(F)(F)F)c(=O)c3c2CCC3)c1. The van der Waals surface area contributed by atoms with E-state index >= 15 is 0 Å². The summed E-state index contributed by atoms with van der Waals surface area (Å²) >= 11 is 0. The first-order chi connectivity index (χ1) is 19.5. The number of fused-ring (bicyclic) bond motifs is 1. The highest BCUT2D eigenvalue weighted by Crippen LogP contribution is 2.38. The highest BCUT2D eigenvalue weighted by Gasteiger charge is 2.36. The molecule has 1 atom stereocenters. The molecule has 0 bridgehead atoms. The number of nitrogens with one attached hydrogen (secondary N) is 1. The third kappa shape index (κ3) is 5.62. The Morgan fingerprint density at radius 3 is 2.37 bits per heavy atom. The molecule has 1 unspecified atom stereocenters. The Kier molecular flexibility index (Phi) is 7.72. The van der Waals surface area contributed by atoms with Gasteiger partial charge in [0.05, 0.1) is 31.2 Å². The fourth-order valence-electron chi connectivity index (χ4n) is 5.53. The Labute approximate surface area is 236 Å². The van der Waals surface area contributed by atoms with E-state index in [-0.39, 0.29) is 23.6 Å². The van der Waals surface area contributed by atoms with Gasteiger partial charge in [0.15, 0.2) is 0 Å². The summed E-state index contributed by atoms with van der Waals surface area (Å²) in [5, 5.41) is 7.56. The van der Waals surface area contributed by atoms with E-state index in [9.17, 15) is 22.8 Å². The Balaban J connectivity index is 1.63. The van der Waals surface area contributed by atoms with Gasteiger partial charge in [-0.25, -0.2) is 0 Å². The van der Waals surface area contributed by atoms with Crippen LogP contribution in [0.2, 0.25) is 0 Å². The van der Waals surface area contributed by atoms with Crippen LogP contribution in [-0.4, -0.2) is 49.0 Å². The van der Waals surface area contributed by atoms with E-state index in [0.29, 0.717) is 72.8 Å². The lowest BCUT2D eigenvalue weighted by atomic mass is 10.0. The van der Waals surface area contributed by atoms with Crippen molar-refractivity contribution in [3.8, 4) is 28.4 Å². The van der Waals surface area contributed by atoms with Crippen LogP contribution in [0.15, 0.2) is 41.2 Å². The molecule has 3 aromatic rings. The van der Waals surface area contributed by atoms with Crippen molar-refractivity contribution in [2.75, 3.05) is 32.2 Å². The number of hydrogen-bond acceptors (Lipinski definition) is 6. The molecule has 2 aromatic carbocycles. The fraction of sp³-hybridized carbons (Fsp3) is 0.433. The van der Waals surface area contributed by atoms with E-state index in [4.69, 9.17) is 9.47 Å². The second kappa shape index (κ2) is 11.1. The molecule has 0 saturated carbocycles. The summed E-state index contributed by atoms with van der Waals surface area (Å²) in [5.41, 5.74) is 0.886. The predicted octanol–water partition coefficient (Wildman–Crippen LogP) is 4.78. The Morgan fingerprint density at radius 2 is 1.73 bits per heavy atom. The number of anilines is 1. The number of alkyl halides is 3. The van der Waals surface area contributed by atoms with Crippen LogP contribution in [0.5, 0.6) is 11.5 Å². The lowest BCUT2D eigenvalue weighted by Crippen LogP contribution is -2.39. The monoisotopic (exact) mass is 570 g/mol. The van der Waals surface area contributed by atoms with Gasteiger partial charge in [0, 0.05) is 47.9 Å². The zero-order chi connectivity index (χ0) is 29.5. The molecule has 1 aliphatic heterocycles. The van der Waals surface area contributed by atoms with Crippen LogP contribution in [-0.2, 0) is 23.8 Å². The summed E-state index contributed by atoms with van der Waals surface area (Å²) < 4.78 is 54.6. The van der Waals surface area contributed by atoms with Gasteiger partial charge >= 0.3 is 6.18 Å². The molecule has 1 N–H and O–H groups in total. The molecule has 41 heavy (non-hydrogen) atoms. The molecule has 0 spiro atoms. The molecule has 1 fully saturated rings. The largest absolute Gasteiger partial charge is 0.497 e. The summed E-state index contributed by atoms with van der Waals surface area (Å²) in [6.07, 6.45) is -2.31. The third-order valence-corrected chi connectivity index (χ3v) is 7.72. The van der Waals surface area contributed by atoms with Crippen molar-refractivity contribution in [1.82, 2.24) is 15.1 Å². The molecule has 218 valence electrons. The molecule has 5 rings (SSSR count). The molecule has 1 amide bonds. The van der Waals surface area contributed by atoms with Gasteiger partial charge in [0.1, 0.15) is 11.5 Å². The van der Waals surface area contributed by atoms with Crippen LogP contribution in [0.1, 0.15) is 43.4 Å². The number of hydrogen-bond donors (Lipinski definition) is 1. The lowest BCUT2D eigenvalue weighted by Gasteiger charge is -2.23. The molecule has 1 aliphatic carbocycles. The lowest BCUT2D eigenvalue weighted by molar-refractivity contribution is -0.137.